The second kappa shape index (κ2) is 7.64. The molecule has 0 bridgehead atoms. The van der Waals surface area contributed by atoms with E-state index >= 15 is 0 Å². The van der Waals surface area contributed by atoms with Crippen molar-refractivity contribution in [1.82, 2.24) is 0 Å². The van der Waals surface area contributed by atoms with Gasteiger partial charge in [-0.05, 0) is 66.5 Å². The van der Waals surface area contributed by atoms with Crippen LogP contribution in [0.4, 0.5) is 0 Å². The summed E-state index contributed by atoms with van der Waals surface area (Å²) in [7, 11) is -1.72. The van der Waals surface area contributed by atoms with E-state index in [2.05, 4.69) is 91.4 Å². The van der Waals surface area contributed by atoms with E-state index in [4.69, 9.17) is 0 Å². The molecule has 0 saturated heterocycles. The Labute approximate surface area is 191 Å². The fraction of sp³-hybridized carbons (Fsp3) is 0.429. The number of hydrogen-bond donors (Lipinski definition) is 0. The van der Waals surface area contributed by atoms with Crippen molar-refractivity contribution in [2.75, 3.05) is 0 Å². The van der Waals surface area contributed by atoms with E-state index in [1.807, 2.05) is 0 Å². The van der Waals surface area contributed by atoms with E-state index in [0.29, 0.717) is 11.1 Å². The van der Waals surface area contributed by atoms with Crippen LogP contribution in [-0.2, 0) is 0 Å². The molecule has 0 radical (unpaired) electrons. The van der Waals surface area contributed by atoms with E-state index in [9.17, 15) is 0 Å². The summed E-state index contributed by atoms with van der Waals surface area (Å²) in [5, 5.41) is 0. The quantitative estimate of drug-likeness (QED) is 0.387. The van der Waals surface area contributed by atoms with Gasteiger partial charge in [0.25, 0.3) is 0 Å². The summed E-state index contributed by atoms with van der Waals surface area (Å²) in [6, 6.07) is 14.0. The number of benzene rings is 2. The lowest BCUT2D eigenvalue weighted by Crippen LogP contribution is -2.42. The normalized spacial score (nSPS) is 23.8. The first-order valence-corrected chi connectivity index (χ1v) is 15.6. The zero-order chi connectivity index (χ0) is 21.0. The average molecular weight is 478 g/mol. The lowest BCUT2D eigenvalue weighted by Gasteiger charge is -2.39. The highest BCUT2D eigenvalue weighted by Gasteiger charge is 2.47. The predicted molar refractivity (Wildman–Crippen MR) is 137 cm³/mol. The maximum atomic E-state index is 3.80. The van der Waals surface area contributed by atoms with Crippen LogP contribution in [0.1, 0.15) is 90.8 Å². The zero-order valence-corrected chi connectivity index (χ0v) is 21.4. The predicted octanol–water partition coefficient (Wildman–Crippen LogP) is 8.98. The van der Waals surface area contributed by atoms with Crippen molar-refractivity contribution >= 4 is 36.2 Å². The van der Waals surface area contributed by atoms with Crippen LogP contribution in [0.3, 0.4) is 0 Å². The Morgan fingerprint density at radius 3 is 1.93 bits per heavy atom. The minimum Gasteiger partial charge on any atom is -0.0679 e. The third-order valence-corrected chi connectivity index (χ3v) is 13.3. The highest BCUT2D eigenvalue weighted by atomic mass is 79.9. The first-order chi connectivity index (χ1) is 14.4. The lowest BCUT2D eigenvalue weighted by atomic mass is 9.81. The molecule has 0 spiro atoms. The highest BCUT2D eigenvalue weighted by Crippen LogP contribution is 2.54. The third kappa shape index (κ3) is 3.14. The van der Waals surface area contributed by atoms with Crippen LogP contribution in [0, 0.1) is 0 Å². The summed E-state index contributed by atoms with van der Waals surface area (Å²) in [5.41, 5.74) is 12.2. The molecule has 3 aliphatic rings. The molecule has 0 N–H and O–H groups in total. The molecule has 3 aliphatic carbocycles. The molecule has 2 atom stereocenters. The van der Waals surface area contributed by atoms with Gasteiger partial charge in [0, 0.05) is 15.6 Å². The molecule has 0 heterocycles. The summed E-state index contributed by atoms with van der Waals surface area (Å²) >= 11 is 3.80. The maximum absolute atomic E-state index is 3.80. The van der Waals surface area contributed by atoms with Crippen LogP contribution < -0.4 is 0 Å². The molecule has 0 aromatic heterocycles. The number of fused-ring (bicyclic) bond motifs is 2. The van der Waals surface area contributed by atoms with Crippen LogP contribution in [0.15, 0.2) is 52.0 Å². The molecule has 0 aliphatic heterocycles. The fourth-order valence-electron chi connectivity index (χ4n) is 7.00. The zero-order valence-electron chi connectivity index (χ0n) is 18.8. The number of hydrogen-bond acceptors (Lipinski definition) is 0. The van der Waals surface area contributed by atoms with E-state index in [1.165, 1.54) is 42.1 Å². The Balaban J connectivity index is 1.58. The third-order valence-electron chi connectivity index (χ3n) is 8.07. The van der Waals surface area contributed by atoms with Gasteiger partial charge in [-0.25, -0.2) is 0 Å². The van der Waals surface area contributed by atoms with Crippen molar-refractivity contribution in [3.8, 4) is 0 Å². The first kappa shape index (κ1) is 20.5. The molecular weight excluding hydrogens is 444 g/mol. The van der Waals surface area contributed by atoms with Gasteiger partial charge < -0.3 is 0 Å². The summed E-state index contributed by atoms with van der Waals surface area (Å²) in [4.78, 5) is 0. The lowest BCUT2D eigenvalue weighted by molar-refractivity contribution is 0.443. The van der Waals surface area contributed by atoms with Crippen LogP contribution in [-0.4, -0.2) is 8.07 Å². The van der Waals surface area contributed by atoms with Crippen LogP contribution >= 0.6 is 15.9 Å². The Kier molecular flexibility index (Phi) is 5.22. The van der Waals surface area contributed by atoms with E-state index in [1.54, 1.807) is 33.4 Å². The Morgan fingerprint density at radius 2 is 1.27 bits per heavy atom. The van der Waals surface area contributed by atoms with E-state index in [0.717, 1.165) is 5.92 Å². The van der Waals surface area contributed by atoms with Gasteiger partial charge in [0.1, 0.15) is 0 Å². The SMILES string of the molecule is CC1=Cc2c(Br)cccc2C1[Si](C)(C)C1C(C)=Cc2c(C3CCCCC3)cccc21. The van der Waals surface area contributed by atoms with Crippen LogP contribution in [0.25, 0.3) is 12.2 Å². The summed E-state index contributed by atoms with van der Waals surface area (Å²) in [6.07, 6.45) is 12.0. The Hall–Kier alpha value is -1.38. The van der Waals surface area contributed by atoms with Crippen LogP contribution in [0.5, 0.6) is 0 Å². The highest BCUT2D eigenvalue weighted by molar-refractivity contribution is 9.10. The second-order valence-electron chi connectivity index (χ2n) is 10.4. The van der Waals surface area contributed by atoms with Crippen molar-refractivity contribution in [3.63, 3.8) is 0 Å². The first-order valence-electron chi connectivity index (χ1n) is 11.7. The second-order valence-corrected chi connectivity index (χ2v) is 16.0. The van der Waals surface area contributed by atoms with Gasteiger partial charge in [-0.1, -0.05) is 102 Å². The number of halogens is 1. The van der Waals surface area contributed by atoms with Crippen molar-refractivity contribution in [3.05, 3.63) is 79.8 Å². The van der Waals surface area contributed by atoms with Gasteiger partial charge in [0.15, 0.2) is 0 Å². The average Bonchev–Trinajstić information content (AvgIpc) is 3.25. The van der Waals surface area contributed by atoms with Gasteiger partial charge >= 0.3 is 0 Å². The molecule has 1 saturated carbocycles. The smallest absolute Gasteiger partial charge is 0.0679 e. The van der Waals surface area contributed by atoms with Crippen molar-refractivity contribution in [1.29, 1.82) is 0 Å². The van der Waals surface area contributed by atoms with Gasteiger partial charge in [0.05, 0.1) is 8.07 Å². The molecular formula is C28H33BrSi. The molecule has 5 rings (SSSR count). The monoisotopic (exact) mass is 476 g/mol. The van der Waals surface area contributed by atoms with E-state index in [-0.39, 0.29) is 0 Å². The molecule has 0 nitrogen and oxygen atoms in total. The molecule has 2 heteroatoms. The molecule has 0 amide bonds. The Morgan fingerprint density at radius 1 is 0.733 bits per heavy atom. The van der Waals surface area contributed by atoms with Gasteiger partial charge in [-0.2, -0.15) is 0 Å². The minimum atomic E-state index is -1.72. The van der Waals surface area contributed by atoms with Crippen molar-refractivity contribution in [2.45, 2.75) is 76.0 Å². The minimum absolute atomic E-state index is 0.586. The number of allylic oxidation sites excluding steroid dienone is 2. The summed E-state index contributed by atoms with van der Waals surface area (Å²) in [5.74, 6) is 0.770. The molecule has 2 aromatic rings. The van der Waals surface area contributed by atoms with Crippen molar-refractivity contribution in [2.24, 2.45) is 0 Å². The standard InChI is InChI=1S/C28H33BrSi/c1-18-16-24-21(20-10-6-5-7-11-20)12-8-13-22(24)27(18)30(3,4)28-19(2)17-25-23(28)14-9-15-26(25)29/h8-9,12-17,20,27-28H,5-7,10-11H2,1-4H3. The van der Waals surface area contributed by atoms with Gasteiger partial charge in [-0.15, -0.1) is 0 Å². The largest absolute Gasteiger partial charge is 0.0722 e. The molecule has 2 unspecified atom stereocenters. The van der Waals surface area contributed by atoms with E-state index < -0.39 is 8.07 Å². The topological polar surface area (TPSA) is 0 Å². The summed E-state index contributed by atoms with van der Waals surface area (Å²) < 4.78 is 1.24. The molecule has 156 valence electrons. The van der Waals surface area contributed by atoms with Gasteiger partial charge in [-0.3, -0.25) is 0 Å². The Bertz CT molecular complexity index is 1050. The molecule has 30 heavy (non-hydrogen) atoms. The molecule has 2 aromatic carbocycles. The fourth-order valence-corrected chi connectivity index (χ4v) is 12.5. The maximum Gasteiger partial charge on any atom is 0.0722 e. The number of rotatable bonds is 3. The van der Waals surface area contributed by atoms with Crippen molar-refractivity contribution < 1.29 is 0 Å². The van der Waals surface area contributed by atoms with Gasteiger partial charge in [0.2, 0.25) is 0 Å². The molecule has 1 fully saturated rings. The summed E-state index contributed by atoms with van der Waals surface area (Å²) in [6.45, 7) is 10.0. The van der Waals surface area contributed by atoms with Crippen LogP contribution in [0.2, 0.25) is 13.1 Å².